The number of halogens is 1. The topological polar surface area (TPSA) is 35.0 Å². The van der Waals surface area contributed by atoms with E-state index in [1.807, 2.05) is 12.1 Å². The van der Waals surface area contributed by atoms with Gasteiger partial charge in [-0.2, -0.15) is 0 Å². The van der Waals surface area contributed by atoms with E-state index < -0.39 is 0 Å². The summed E-state index contributed by atoms with van der Waals surface area (Å²) < 4.78 is 7.38. The molecule has 0 radical (unpaired) electrons. The molecule has 2 heterocycles. The Morgan fingerprint density at radius 3 is 3.17 bits per heavy atom. The molecule has 0 N–H and O–H groups in total. The van der Waals surface area contributed by atoms with Crippen molar-refractivity contribution < 1.29 is 4.74 Å². The first kappa shape index (κ1) is 12.0. The highest BCUT2D eigenvalue weighted by molar-refractivity contribution is 9.10. The van der Waals surface area contributed by atoms with Crippen LogP contribution < -0.4 is 9.88 Å². The molecular formula is C13H11BrN2OS. The first-order valence-electron chi connectivity index (χ1n) is 5.60. The molecule has 0 aliphatic heterocycles. The van der Waals surface area contributed by atoms with E-state index >= 15 is 0 Å². The van der Waals surface area contributed by atoms with Gasteiger partial charge in [0.2, 0.25) is 0 Å². The number of hydrogen-bond donors (Lipinski definition) is 0. The van der Waals surface area contributed by atoms with Crippen molar-refractivity contribution in [2.75, 3.05) is 7.11 Å². The Balaban J connectivity index is 2.10. The zero-order valence-corrected chi connectivity index (χ0v) is 12.2. The summed E-state index contributed by atoms with van der Waals surface area (Å²) in [5.74, 6) is 0. The maximum Gasteiger partial charge on any atom is 0.124 e. The van der Waals surface area contributed by atoms with Gasteiger partial charge in [-0.3, -0.25) is 0 Å². The van der Waals surface area contributed by atoms with Crippen molar-refractivity contribution in [2.45, 2.75) is 12.5 Å². The van der Waals surface area contributed by atoms with Crippen LogP contribution in [0.2, 0.25) is 0 Å². The summed E-state index contributed by atoms with van der Waals surface area (Å²) >= 11 is 5.07. The molecule has 2 aromatic heterocycles. The number of ether oxygens (including phenoxy) is 1. The van der Waals surface area contributed by atoms with Crippen molar-refractivity contribution in [3.05, 3.63) is 32.8 Å². The summed E-state index contributed by atoms with van der Waals surface area (Å²) in [6.45, 7) is 0. The fourth-order valence-corrected chi connectivity index (χ4v) is 3.31. The van der Waals surface area contributed by atoms with Gasteiger partial charge in [0, 0.05) is 18.9 Å². The highest BCUT2D eigenvalue weighted by Crippen LogP contribution is 2.21. The second kappa shape index (κ2) is 4.91. The molecule has 1 unspecified atom stereocenters. The summed E-state index contributed by atoms with van der Waals surface area (Å²) in [7, 11) is 1.74. The van der Waals surface area contributed by atoms with E-state index in [4.69, 9.17) is 4.74 Å². The van der Waals surface area contributed by atoms with Gasteiger partial charge in [-0.25, -0.2) is 9.97 Å². The third-order valence-electron chi connectivity index (χ3n) is 2.84. The first-order chi connectivity index (χ1) is 8.76. The molecule has 0 aromatic carbocycles. The number of pyridine rings is 1. The van der Waals surface area contributed by atoms with E-state index in [9.17, 15) is 0 Å². The molecule has 0 spiro atoms. The van der Waals surface area contributed by atoms with Gasteiger partial charge >= 0.3 is 0 Å². The van der Waals surface area contributed by atoms with Crippen LogP contribution in [0.4, 0.5) is 0 Å². The monoisotopic (exact) mass is 322 g/mol. The normalized spacial score (nSPS) is 17.8. The quantitative estimate of drug-likeness (QED) is 0.793. The standard InChI is InChI=1S/C13H11BrN2OS/c1-17-9-2-3-10-11(7-9)18-13(16-10)8-4-5-15-12(14)6-8/h3-7,9H,2H2,1H3. The molecule has 1 aliphatic rings. The van der Waals surface area contributed by atoms with Crippen LogP contribution in [0.25, 0.3) is 22.7 Å². The molecule has 3 rings (SSSR count). The number of hydrogen-bond acceptors (Lipinski definition) is 4. The van der Waals surface area contributed by atoms with Gasteiger partial charge in [-0.15, -0.1) is 11.3 Å². The van der Waals surface area contributed by atoms with Gasteiger partial charge in [0.05, 0.1) is 16.0 Å². The first-order valence-corrected chi connectivity index (χ1v) is 7.21. The third kappa shape index (κ3) is 2.25. The zero-order valence-electron chi connectivity index (χ0n) is 9.76. The van der Waals surface area contributed by atoms with Crippen LogP contribution in [-0.2, 0) is 4.74 Å². The molecule has 92 valence electrons. The predicted molar refractivity (Wildman–Crippen MR) is 76.6 cm³/mol. The summed E-state index contributed by atoms with van der Waals surface area (Å²) in [5.41, 5.74) is 1.09. The Labute approximate surface area is 117 Å². The van der Waals surface area contributed by atoms with Crippen LogP contribution in [0.3, 0.4) is 0 Å². The Kier molecular flexibility index (Phi) is 3.28. The Morgan fingerprint density at radius 2 is 2.39 bits per heavy atom. The minimum absolute atomic E-state index is 0.176. The number of rotatable bonds is 2. The Morgan fingerprint density at radius 1 is 1.50 bits per heavy atom. The Bertz CT molecular complexity index is 695. The van der Waals surface area contributed by atoms with Crippen LogP contribution in [0.5, 0.6) is 0 Å². The molecule has 3 nitrogen and oxygen atoms in total. The van der Waals surface area contributed by atoms with Gasteiger partial charge < -0.3 is 4.74 Å². The number of methoxy groups -OCH3 is 1. The van der Waals surface area contributed by atoms with E-state index in [1.165, 1.54) is 4.53 Å². The second-order valence-corrected chi connectivity index (χ2v) is 5.86. The summed E-state index contributed by atoms with van der Waals surface area (Å²) in [6, 6.07) is 3.96. The highest BCUT2D eigenvalue weighted by Gasteiger charge is 2.10. The van der Waals surface area contributed by atoms with Crippen LogP contribution in [-0.4, -0.2) is 23.2 Å². The molecular weight excluding hydrogens is 312 g/mol. The summed E-state index contributed by atoms with van der Waals surface area (Å²) in [6.07, 6.45) is 7.14. The van der Waals surface area contributed by atoms with Crippen LogP contribution >= 0.6 is 27.3 Å². The number of fused-ring (bicyclic) bond motifs is 1. The van der Waals surface area contributed by atoms with E-state index in [2.05, 4.69) is 38.0 Å². The van der Waals surface area contributed by atoms with E-state index in [-0.39, 0.29) is 6.10 Å². The van der Waals surface area contributed by atoms with Crippen molar-refractivity contribution in [1.29, 1.82) is 0 Å². The number of aromatic nitrogens is 2. The average molecular weight is 323 g/mol. The maximum atomic E-state index is 5.36. The molecule has 0 bridgehead atoms. The minimum Gasteiger partial charge on any atom is -0.377 e. The van der Waals surface area contributed by atoms with Crippen LogP contribution in [0, 0.1) is 0 Å². The lowest BCUT2D eigenvalue weighted by Crippen LogP contribution is -2.28. The van der Waals surface area contributed by atoms with Gasteiger partial charge in [-0.05, 0) is 40.6 Å². The fraction of sp³-hybridized carbons (Fsp3) is 0.231. The molecule has 2 aromatic rings. The highest BCUT2D eigenvalue weighted by atomic mass is 79.9. The van der Waals surface area contributed by atoms with Crippen LogP contribution in [0.15, 0.2) is 22.9 Å². The van der Waals surface area contributed by atoms with Crippen molar-refractivity contribution in [1.82, 2.24) is 9.97 Å². The van der Waals surface area contributed by atoms with Crippen molar-refractivity contribution in [3.8, 4) is 10.6 Å². The predicted octanol–water partition coefficient (Wildman–Crippen LogP) is 1.95. The summed E-state index contributed by atoms with van der Waals surface area (Å²) in [5, 5.41) is 2.09. The number of nitrogens with zero attached hydrogens (tertiary/aromatic N) is 2. The smallest absolute Gasteiger partial charge is 0.124 e. The lowest BCUT2D eigenvalue weighted by molar-refractivity contribution is 0.157. The molecule has 1 aliphatic carbocycles. The largest absolute Gasteiger partial charge is 0.377 e. The lowest BCUT2D eigenvalue weighted by Gasteiger charge is -2.08. The SMILES string of the molecule is COC1C=c2sc(-c3ccnc(Br)c3)nc2=CC1. The molecule has 18 heavy (non-hydrogen) atoms. The van der Waals surface area contributed by atoms with Gasteiger partial charge in [0.1, 0.15) is 9.61 Å². The van der Waals surface area contributed by atoms with Gasteiger partial charge in [-0.1, -0.05) is 6.08 Å². The molecule has 0 fully saturated rings. The molecule has 0 saturated heterocycles. The van der Waals surface area contributed by atoms with Gasteiger partial charge in [0.15, 0.2) is 0 Å². The second-order valence-electron chi connectivity index (χ2n) is 4.02. The van der Waals surface area contributed by atoms with Crippen molar-refractivity contribution >= 4 is 39.4 Å². The summed E-state index contributed by atoms with van der Waals surface area (Å²) in [4.78, 5) is 8.79. The Hall–Kier alpha value is -1.04. The van der Waals surface area contributed by atoms with Gasteiger partial charge in [0.25, 0.3) is 0 Å². The van der Waals surface area contributed by atoms with E-state index in [0.717, 1.165) is 26.9 Å². The fourth-order valence-electron chi connectivity index (χ4n) is 1.90. The third-order valence-corrected chi connectivity index (χ3v) is 4.36. The van der Waals surface area contributed by atoms with Crippen LogP contribution in [0.1, 0.15) is 6.42 Å². The molecule has 5 heteroatoms. The van der Waals surface area contributed by atoms with E-state index in [1.54, 1.807) is 24.6 Å². The maximum absolute atomic E-state index is 5.36. The van der Waals surface area contributed by atoms with Crippen molar-refractivity contribution in [2.24, 2.45) is 0 Å². The zero-order chi connectivity index (χ0) is 12.5. The number of thiazole rings is 1. The average Bonchev–Trinajstić information content (AvgIpc) is 2.81. The van der Waals surface area contributed by atoms with E-state index in [0.29, 0.717) is 0 Å². The molecule has 0 saturated carbocycles. The molecule has 1 atom stereocenters. The minimum atomic E-state index is 0.176. The lowest BCUT2D eigenvalue weighted by atomic mass is 10.2. The molecule has 0 amide bonds. The van der Waals surface area contributed by atoms with Crippen molar-refractivity contribution in [3.63, 3.8) is 0 Å².